The zero-order valence-electron chi connectivity index (χ0n) is 11.9. The second-order valence-corrected chi connectivity index (χ2v) is 7.63. The van der Waals surface area contributed by atoms with E-state index in [0.29, 0.717) is 30.2 Å². The second kappa shape index (κ2) is 5.83. The van der Waals surface area contributed by atoms with Gasteiger partial charge in [-0.05, 0) is 38.5 Å². The lowest BCUT2D eigenvalue weighted by molar-refractivity contribution is 0.125. The molecular formula is C13H22N2O4S. The first-order valence-corrected chi connectivity index (χ1v) is 8.54. The molecule has 6 nitrogen and oxygen atoms in total. The molecule has 0 spiro atoms. The van der Waals surface area contributed by atoms with E-state index in [0.717, 1.165) is 12.8 Å². The molecule has 2 N–H and O–H groups in total. The minimum Gasteiger partial charge on any atom is -0.394 e. The van der Waals surface area contributed by atoms with E-state index in [4.69, 9.17) is 4.52 Å². The molecule has 0 aromatic carbocycles. The number of aliphatic hydroxyl groups is 1. The molecule has 1 saturated carbocycles. The van der Waals surface area contributed by atoms with Crippen LogP contribution in [0.15, 0.2) is 10.6 Å². The predicted octanol–water partition coefficient (Wildman–Crippen LogP) is 1.34. The summed E-state index contributed by atoms with van der Waals surface area (Å²) in [4.78, 5) is 0. The molecule has 1 heterocycles. The van der Waals surface area contributed by atoms with Crippen molar-refractivity contribution in [1.82, 2.24) is 9.88 Å². The standard InChI is InChI=1S/C13H22N2O4S/c1-10-3-5-13(9-16,6-4-10)15-20(17,18)8-12-7-11(2)19-14-12/h7,10,15-16H,3-6,8-9H2,1-2H3. The Balaban J connectivity index is 2.06. The molecule has 0 radical (unpaired) electrons. The maximum Gasteiger partial charge on any atom is 0.218 e. The molecule has 0 saturated heterocycles. The van der Waals surface area contributed by atoms with Crippen molar-refractivity contribution in [2.24, 2.45) is 5.92 Å². The molecular weight excluding hydrogens is 280 g/mol. The first kappa shape index (κ1) is 15.5. The molecule has 0 aliphatic heterocycles. The van der Waals surface area contributed by atoms with Gasteiger partial charge in [0.25, 0.3) is 0 Å². The molecule has 7 heteroatoms. The van der Waals surface area contributed by atoms with Gasteiger partial charge in [0.2, 0.25) is 10.0 Å². The van der Waals surface area contributed by atoms with Crippen molar-refractivity contribution in [2.75, 3.05) is 6.61 Å². The van der Waals surface area contributed by atoms with Gasteiger partial charge in [-0.3, -0.25) is 0 Å². The fourth-order valence-corrected chi connectivity index (χ4v) is 4.18. The van der Waals surface area contributed by atoms with Gasteiger partial charge in [-0.25, -0.2) is 13.1 Å². The summed E-state index contributed by atoms with van der Waals surface area (Å²) in [6.45, 7) is 3.69. The summed E-state index contributed by atoms with van der Waals surface area (Å²) in [5.41, 5.74) is -0.336. The number of aliphatic hydroxyl groups excluding tert-OH is 1. The van der Waals surface area contributed by atoms with Crippen LogP contribution in [0.1, 0.15) is 44.1 Å². The third-order valence-corrected chi connectivity index (χ3v) is 5.34. The van der Waals surface area contributed by atoms with E-state index in [9.17, 15) is 13.5 Å². The van der Waals surface area contributed by atoms with E-state index in [1.807, 2.05) is 0 Å². The fraction of sp³-hybridized carbons (Fsp3) is 0.769. The van der Waals surface area contributed by atoms with Gasteiger partial charge < -0.3 is 9.63 Å². The van der Waals surface area contributed by atoms with Gasteiger partial charge in [-0.1, -0.05) is 12.1 Å². The smallest absolute Gasteiger partial charge is 0.218 e. The van der Waals surface area contributed by atoms with Crippen LogP contribution in [0, 0.1) is 12.8 Å². The molecule has 2 rings (SSSR count). The van der Waals surface area contributed by atoms with Crippen molar-refractivity contribution >= 4 is 10.0 Å². The van der Waals surface area contributed by atoms with E-state index < -0.39 is 15.6 Å². The number of aryl methyl sites for hydroxylation is 1. The molecule has 1 aliphatic rings. The Kier molecular flexibility index (Phi) is 4.51. The second-order valence-electron chi connectivity index (χ2n) is 5.91. The average Bonchev–Trinajstić information content (AvgIpc) is 2.77. The van der Waals surface area contributed by atoms with Crippen molar-refractivity contribution in [3.63, 3.8) is 0 Å². The van der Waals surface area contributed by atoms with Crippen LogP contribution in [-0.2, 0) is 15.8 Å². The van der Waals surface area contributed by atoms with Gasteiger partial charge in [0, 0.05) is 6.07 Å². The monoisotopic (exact) mass is 302 g/mol. The summed E-state index contributed by atoms with van der Waals surface area (Å²) in [6.07, 6.45) is 3.18. The molecule has 0 bridgehead atoms. The van der Waals surface area contributed by atoms with Gasteiger partial charge in [0.1, 0.15) is 17.2 Å². The number of hydrogen-bond acceptors (Lipinski definition) is 5. The Bertz CT molecular complexity index is 544. The minimum absolute atomic E-state index is 0.170. The normalized spacial score (nSPS) is 27.6. The maximum absolute atomic E-state index is 12.2. The van der Waals surface area contributed by atoms with Crippen LogP contribution in [0.4, 0.5) is 0 Å². The third kappa shape index (κ3) is 3.80. The first-order chi connectivity index (χ1) is 9.34. The van der Waals surface area contributed by atoms with Crippen LogP contribution in [0.5, 0.6) is 0 Å². The molecule has 1 aromatic rings. The summed E-state index contributed by atoms with van der Waals surface area (Å²) in [6, 6.07) is 1.60. The highest BCUT2D eigenvalue weighted by atomic mass is 32.2. The van der Waals surface area contributed by atoms with Crippen molar-refractivity contribution in [1.29, 1.82) is 0 Å². The average molecular weight is 302 g/mol. The highest BCUT2D eigenvalue weighted by Crippen LogP contribution is 2.32. The Labute approximate surface area is 119 Å². The number of aromatic nitrogens is 1. The van der Waals surface area contributed by atoms with Gasteiger partial charge in [-0.15, -0.1) is 0 Å². The Morgan fingerprint density at radius 2 is 2.15 bits per heavy atom. The van der Waals surface area contributed by atoms with Crippen LogP contribution in [0.2, 0.25) is 0 Å². The molecule has 1 aromatic heterocycles. The molecule has 1 aliphatic carbocycles. The van der Waals surface area contributed by atoms with Gasteiger partial charge in [0.05, 0.1) is 12.1 Å². The van der Waals surface area contributed by atoms with Gasteiger partial charge >= 0.3 is 0 Å². The van der Waals surface area contributed by atoms with E-state index in [1.54, 1.807) is 13.0 Å². The number of nitrogens with zero attached hydrogens (tertiary/aromatic N) is 1. The molecule has 114 valence electrons. The molecule has 20 heavy (non-hydrogen) atoms. The topological polar surface area (TPSA) is 92.4 Å². The first-order valence-electron chi connectivity index (χ1n) is 6.89. The maximum atomic E-state index is 12.2. The van der Waals surface area contributed by atoms with Crippen LogP contribution in [0.25, 0.3) is 0 Å². The predicted molar refractivity (Wildman–Crippen MR) is 74.4 cm³/mol. The summed E-state index contributed by atoms with van der Waals surface area (Å²) < 4.78 is 32.0. The number of sulfonamides is 1. The highest BCUT2D eigenvalue weighted by molar-refractivity contribution is 7.88. The van der Waals surface area contributed by atoms with Gasteiger partial charge in [-0.2, -0.15) is 0 Å². The van der Waals surface area contributed by atoms with Gasteiger partial charge in [0.15, 0.2) is 0 Å². The van der Waals surface area contributed by atoms with E-state index in [2.05, 4.69) is 16.8 Å². The largest absolute Gasteiger partial charge is 0.394 e. The molecule has 0 atom stereocenters. The zero-order chi connectivity index (χ0) is 14.8. The number of rotatable bonds is 5. The fourth-order valence-electron chi connectivity index (χ4n) is 2.65. The lowest BCUT2D eigenvalue weighted by Crippen LogP contribution is -2.53. The van der Waals surface area contributed by atoms with Crippen LogP contribution < -0.4 is 4.72 Å². The third-order valence-electron chi connectivity index (χ3n) is 3.92. The van der Waals surface area contributed by atoms with Crippen molar-refractivity contribution in [2.45, 2.75) is 50.8 Å². The number of nitrogens with one attached hydrogen (secondary N) is 1. The van der Waals surface area contributed by atoms with Crippen molar-refractivity contribution < 1.29 is 18.0 Å². The van der Waals surface area contributed by atoms with E-state index in [-0.39, 0.29) is 12.4 Å². The van der Waals surface area contributed by atoms with Crippen LogP contribution in [0.3, 0.4) is 0 Å². The summed E-state index contributed by atoms with van der Waals surface area (Å²) in [7, 11) is -3.54. The zero-order valence-corrected chi connectivity index (χ0v) is 12.7. The molecule has 0 amide bonds. The minimum atomic E-state index is -3.54. The van der Waals surface area contributed by atoms with Crippen molar-refractivity contribution in [3.8, 4) is 0 Å². The molecule has 1 fully saturated rings. The summed E-state index contributed by atoms with van der Waals surface area (Å²) in [5.74, 6) is 0.942. The highest BCUT2D eigenvalue weighted by Gasteiger charge is 2.37. The number of hydrogen-bond donors (Lipinski definition) is 2. The van der Waals surface area contributed by atoms with Crippen LogP contribution in [-0.4, -0.2) is 30.8 Å². The Hall–Kier alpha value is -0.920. The van der Waals surface area contributed by atoms with E-state index in [1.165, 1.54) is 0 Å². The SMILES string of the molecule is Cc1cc(CS(=O)(=O)NC2(CO)CCC(C)CC2)no1. The van der Waals surface area contributed by atoms with Crippen LogP contribution >= 0.6 is 0 Å². The Morgan fingerprint density at radius 1 is 1.50 bits per heavy atom. The van der Waals surface area contributed by atoms with Crippen molar-refractivity contribution in [3.05, 3.63) is 17.5 Å². The lowest BCUT2D eigenvalue weighted by atomic mass is 9.78. The summed E-state index contributed by atoms with van der Waals surface area (Å²) in [5, 5.41) is 13.3. The van der Waals surface area contributed by atoms with E-state index >= 15 is 0 Å². The molecule has 0 unspecified atom stereocenters. The lowest BCUT2D eigenvalue weighted by Gasteiger charge is -2.38. The summed E-state index contributed by atoms with van der Waals surface area (Å²) >= 11 is 0. The Morgan fingerprint density at radius 3 is 2.65 bits per heavy atom. The quantitative estimate of drug-likeness (QED) is 0.856.